The molecule has 122 valence electrons. The number of aromatic nitrogens is 2. The molecule has 1 heterocycles. The van der Waals surface area contributed by atoms with E-state index in [2.05, 4.69) is 20.9 Å². The first-order valence-corrected chi connectivity index (χ1v) is 8.48. The summed E-state index contributed by atoms with van der Waals surface area (Å²) in [7, 11) is 0. The monoisotopic (exact) mass is 424 g/mol. The summed E-state index contributed by atoms with van der Waals surface area (Å²) in [6, 6.07) is 11.9. The number of carbonyl (C=O) groups excluding carboxylic acids is 1. The number of ether oxygens (including phenoxy) is 1. The number of benzene rings is 2. The van der Waals surface area contributed by atoms with Gasteiger partial charge in [0.2, 0.25) is 12.0 Å². The quantitative estimate of drug-likeness (QED) is 0.513. The molecule has 3 rings (SSSR count). The number of hydrogen-bond acceptors (Lipinski definition) is 3. The predicted octanol–water partition coefficient (Wildman–Crippen LogP) is 5.41. The molecule has 0 radical (unpaired) electrons. The van der Waals surface area contributed by atoms with Gasteiger partial charge in [0.25, 0.3) is 0 Å². The summed E-state index contributed by atoms with van der Waals surface area (Å²) in [5.41, 5.74) is 0.330. The predicted molar refractivity (Wildman–Crippen MR) is 96.8 cm³/mol. The van der Waals surface area contributed by atoms with Crippen molar-refractivity contribution >= 4 is 44.9 Å². The average Bonchev–Trinajstić information content (AvgIpc) is 3.08. The second-order valence-corrected chi connectivity index (χ2v) is 6.68. The van der Waals surface area contributed by atoms with Gasteiger partial charge in [0, 0.05) is 27.5 Å². The van der Waals surface area contributed by atoms with Gasteiger partial charge in [0.15, 0.2) is 0 Å². The van der Waals surface area contributed by atoms with Crippen LogP contribution in [-0.4, -0.2) is 15.3 Å². The van der Waals surface area contributed by atoms with Crippen molar-refractivity contribution in [2.24, 2.45) is 0 Å². The van der Waals surface area contributed by atoms with Crippen LogP contribution < -0.4 is 4.74 Å². The van der Waals surface area contributed by atoms with Crippen LogP contribution in [0.25, 0.3) is 0 Å². The van der Waals surface area contributed by atoms with E-state index >= 15 is 0 Å². The Morgan fingerprint density at radius 3 is 2.54 bits per heavy atom. The molecule has 1 atom stereocenters. The van der Waals surface area contributed by atoms with E-state index in [9.17, 15) is 4.79 Å². The maximum absolute atomic E-state index is 12.9. The van der Waals surface area contributed by atoms with Gasteiger partial charge in [-0.2, -0.15) is 0 Å². The average molecular weight is 426 g/mol. The molecule has 0 fully saturated rings. The standard InChI is InChI=1S/C17H11BrCl2N2O2/c18-11-1-4-13(5-2-11)24-17(22-8-7-21-10-22)16(23)14-6-3-12(19)9-15(14)20/h1-10,17H. The van der Waals surface area contributed by atoms with Gasteiger partial charge in [-0.25, -0.2) is 4.98 Å². The number of rotatable bonds is 5. The molecule has 0 aliphatic heterocycles. The van der Waals surface area contributed by atoms with E-state index < -0.39 is 6.23 Å². The van der Waals surface area contributed by atoms with Crippen molar-refractivity contribution in [2.75, 3.05) is 0 Å². The summed E-state index contributed by atoms with van der Waals surface area (Å²) >= 11 is 15.4. The summed E-state index contributed by atoms with van der Waals surface area (Å²) in [5.74, 6) is 0.257. The minimum atomic E-state index is -0.924. The SMILES string of the molecule is O=C(c1ccc(Cl)cc1Cl)C(Oc1ccc(Br)cc1)n1ccnc1. The van der Waals surface area contributed by atoms with Gasteiger partial charge >= 0.3 is 0 Å². The summed E-state index contributed by atoms with van der Waals surface area (Å²) in [5, 5.41) is 0.738. The Balaban J connectivity index is 1.95. The normalized spacial score (nSPS) is 12.0. The van der Waals surface area contributed by atoms with Gasteiger partial charge in [-0.15, -0.1) is 0 Å². The fraction of sp³-hybridized carbons (Fsp3) is 0.0588. The second kappa shape index (κ2) is 7.38. The Morgan fingerprint density at radius 1 is 1.17 bits per heavy atom. The van der Waals surface area contributed by atoms with Crippen molar-refractivity contribution < 1.29 is 9.53 Å². The molecule has 0 spiro atoms. The van der Waals surface area contributed by atoms with Crippen LogP contribution in [0, 0.1) is 0 Å². The number of carbonyl (C=O) groups is 1. The number of nitrogens with zero attached hydrogens (tertiary/aromatic N) is 2. The largest absolute Gasteiger partial charge is 0.462 e. The molecule has 4 nitrogen and oxygen atoms in total. The molecule has 1 unspecified atom stereocenters. The van der Waals surface area contributed by atoms with Gasteiger partial charge in [0.05, 0.1) is 11.3 Å². The number of hydrogen-bond donors (Lipinski definition) is 0. The highest BCUT2D eigenvalue weighted by molar-refractivity contribution is 9.10. The van der Waals surface area contributed by atoms with Gasteiger partial charge in [-0.05, 0) is 42.5 Å². The van der Waals surface area contributed by atoms with Crippen LogP contribution in [0.15, 0.2) is 65.7 Å². The Morgan fingerprint density at radius 2 is 1.92 bits per heavy atom. The van der Waals surface area contributed by atoms with Crippen LogP contribution in [0.3, 0.4) is 0 Å². The van der Waals surface area contributed by atoms with E-state index in [1.807, 2.05) is 12.1 Å². The van der Waals surface area contributed by atoms with Crippen LogP contribution in [0.4, 0.5) is 0 Å². The molecule has 0 saturated heterocycles. The molecule has 0 saturated carbocycles. The molecule has 0 bridgehead atoms. The first-order valence-electron chi connectivity index (χ1n) is 6.93. The maximum atomic E-state index is 12.9. The van der Waals surface area contributed by atoms with Gasteiger partial charge in [0.1, 0.15) is 5.75 Å². The van der Waals surface area contributed by atoms with Crippen molar-refractivity contribution in [1.82, 2.24) is 9.55 Å². The Labute approximate surface area is 157 Å². The maximum Gasteiger partial charge on any atom is 0.241 e. The minimum absolute atomic E-state index is 0.275. The molecule has 0 amide bonds. The van der Waals surface area contributed by atoms with Crippen LogP contribution in [0.1, 0.15) is 16.6 Å². The zero-order chi connectivity index (χ0) is 17.1. The van der Waals surface area contributed by atoms with Crippen molar-refractivity contribution in [1.29, 1.82) is 0 Å². The third kappa shape index (κ3) is 3.80. The lowest BCUT2D eigenvalue weighted by Gasteiger charge is -2.20. The van der Waals surface area contributed by atoms with Crippen LogP contribution in [-0.2, 0) is 0 Å². The highest BCUT2D eigenvalue weighted by atomic mass is 79.9. The van der Waals surface area contributed by atoms with Gasteiger partial charge < -0.3 is 4.74 Å². The van der Waals surface area contributed by atoms with Crippen LogP contribution in [0.5, 0.6) is 5.75 Å². The van der Waals surface area contributed by atoms with Crippen LogP contribution >= 0.6 is 39.1 Å². The third-order valence-electron chi connectivity index (χ3n) is 3.28. The van der Waals surface area contributed by atoms with Crippen molar-refractivity contribution in [3.63, 3.8) is 0 Å². The van der Waals surface area contributed by atoms with E-state index in [-0.39, 0.29) is 10.8 Å². The van der Waals surface area contributed by atoms with Crippen LogP contribution in [0.2, 0.25) is 10.0 Å². The number of ketones is 1. The summed E-state index contributed by atoms with van der Waals surface area (Å²) in [6.07, 6.45) is 3.83. The summed E-state index contributed by atoms with van der Waals surface area (Å²) in [6.45, 7) is 0. The highest BCUT2D eigenvalue weighted by Gasteiger charge is 2.25. The van der Waals surface area contributed by atoms with E-state index in [4.69, 9.17) is 27.9 Å². The Hall–Kier alpha value is -1.82. The Bertz CT molecular complexity index is 852. The zero-order valence-electron chi connectivity index (χ0n) is 12.2. The highest BCUT2D eigenvalue weighted by Crippen LogP contribution is 2.27. The first kappa shape index (κ1) is 17.0. The molecule has 0 N–H and O–H groups in total. The van der Waals surface area contributed by atoms with E-state index in [1.54, 1.807) is 41.2 Å². The molecule has 7 heteroatoms. The van der Waals surface area contributed by atoms with E-state index in [1.165, 1.54) is 12.4 Å². The number of imidazole rings is 1. The van der Waals surface area contributed by atoms with Gasteiger partial charge in [-0.1, -0.05) is 39.1 Å². The lowest BCUT2D eigenvalue weighted by molar-refractivity contribution is 0.0653. The Kier molecular flexibility index (Phi) is 5.23. The number of halogens is 3. The van der Waals surface area contributed by atoms with Gasteiger partial charge in [-0.3, -0.25) is 9.36 Å². The second-order valence-electron chi connectivity index (χ2n) is 4.92. The number of Topliss-reactive ketones (excluding diaryl/α,β-unsaturated/α-hetero) is 1. The van der Waals surface area contributed by atoms with E-state index in [0.717, 1.165) is 4.47 Å². The zero-order valence-corrected chi connectivity index (χ0v) is 15.3. The molecule has 2 aromatic carbocycles. The molecular formula is C17H11BrCl2N2O2. The molecular weight excluding hydrogens is 415 g/mol. The summed E-state index contributed by atoms with van der Waals surface area (Å²) < 4.78 is 8.37. The summed E-state index contributed by atoms with van der Waals surface area (Å²) in [4.78, 5) is 16.9. The lowest BCUT2D eigenvalue weighted by atomic mass is 10.1. The van der Waals surface area contributed by atoms with E-state index in [0.29, 0.717) is 16.3 Å². The molecule has 0 aliphatic rings. The van der Waals surface area contributed by atoms with Crippen molar-refractivity contribution in [3.8, 4) is 5.75 Å². The fourth-order valence-electron chi connectivity index (χ4n) is 2.12. The third-order valence-corrected chi connectivity index (χ3v) is 4.35. The first-order chi connectivity index (χ1) is 11.5. The molecule has 3 aromatic rings. The molecule has 1 aromatic heterocycles. The smallest absolute Gasteiger partial charge is 0.241 e. The fourth-order valence-corrected chi connectivity index (χ4v) is 2.89. The lowest BCUT2D eigenvalue weighted by Crippen LogP contribution is -2.24. The van der Waals surface area contributed by atoms with Crippen molar-refractivity contribution in [3.05, 3.63) is 81.3 Å². The topological polar surface area (TPSA) is 44.1 Å². The molecule has 24 heavy (non-hydrogen) atoms. The van der Waals surface area contributed by atoms with Crippen molar-refractivity contribution in [2.45, 2.75) is 6.23 Å². The minimum Gasteiger partial charge on any atom is -0.462 e. The molecule has 0 aliphatic carbocycles.